The minimum absolute atomic E-state index is 0.0628. The fourth-order valence-corrected chi connectivity index (χ4v) is 2.28. The zero-order valence-electron chi connectivity index (χ0n) is 12.8. The van der Waals surface area contributed by atoms with Crippen molar-refractivity contribution in [2.45, 2.75) is 32.1 Å². The van der Waals surface area contributed by atoms with Crippen LogP contribution in [0.25, 0.3) is 0 Å². The van der Waals surface area contributed by atoms with E-state index < -0.39 is 6.61 Å². The Hall–Kier alpha value is -2.09. The number of halogens is 2. The zero-order valence-corrected chi connectivity index (χ0v) is 12.8. The number of carbonyl (C=O) groups excluding carboxylic acids is 1. The van der Waals surface area contributed by atoms with Gasteiger partial charge in [0, 0.05) is 19.7 Å². The molecule has 23 heavy (non-hydrogen) atoms. The van der Waals surface area contributed by atoms with Crippen LogP contribution >= 0.6 is 0 Å². The SMILES string of the molecule is COc1ccc(CNC(=O)NCC2CCCO2)cc1OC(F)F. The lowest BCUT2D eigenvalue weighted by Crippen LogP contribution is -2.39. The van der Waals surface area contributed by atoms with Crippen LogP contribution in [0.3, 0.4) is 0 Å². The van der Waals surface area contributed by atoms with Crippen LogP contribution in [0, 0.1) is 0 Å². The van der Waals surface area contributed by atoms with E-state index in [0.717, 1.165) is 19.4 Å². The maximum Gasteiger partial charge on any atom is 0.387 e. The molecule has 1 saturated heterocycles. The molecule has 2 rings (SSSR count). The first-order chi connectivity index (χ1) is 11.1. The predicted molar refractivity (Wildman–Crippen MR) is 78.8 cm³/mol. The molecule has 6 nitrogen and oxygen atoms in total. The van der Waals surface area contributed by atoms with E-state index in [2.05, 4.69) is 15.4 Å². The van der Waals surface area contributed by atoms with Crippen molar-refractivity contribution in [3.63, 3.8) is 0 Å². The first kappa shape index (κ1) is 17.3. The van der Waals surface area contributed by atoms with Crippen LogP contribution < -0.4 is 20.1 Å². The van der Waals surface area contributed by atoms with Gasteiger partial charge in [0.2, 0.25) is 0 Å². The summed E-state index contributed by atoms with van der Waals surface area (Å²) in [6.45, 7) is -1.58. The van der Waals surface area contributed by atoms with Crippen LogP contribution in [-0.4, -0.2) is 39.0 Å². The lowest BCUT2D eigenvalue weighted by atomic mass is 10.2. The summed E-state index contributed by atoms with van der Waals surface area (Å²) >= 11 is 0. The minimum atomic E-state index is -2.94. The summed E-state index contributed by atoms with van der Waals surface area (Å²) < 4.78 is 39.5. The topological polar surface area (TPSA) is 68.8 Å². The number of alkyl halides is 2. The fraction of sp³-hybridized carbons (Fsp3) is 0.533. The lowest BCUT2D eigenvalue weighted by molar-refractivity contribution is -0.0512. The molecular weight excluding hydrogens is 310 g/mol. The Morgan fingerprint density at radius 3 is 2.87 bits per heavy atom. The van der Waals surface area contributed by atoms with Crippen molar-refractivity contribution in [1.29, 1.82) is 0 Å². The molecule has 0 spiro atoms. The number of methoxy groups -OCH3 is 1. The van der Waals surface area contributed by atoms with Gasteiger partial charge < -0.3 is 24.8 Å². The summed E-state index contributed by atoms with van der Waals surface area (Å²) in [5, 5.41) is 5.36. The van der Waals surface area contributed by atoms with Gasteiger partial charge in [-0.25, -0.2) is 4.79 Å². The smallest absolute Gasteiger partial charge is 0.387 e. The number of urea groups is 1. The highest BCUT2D eigenvalue weighted by Crippen LogP contribution is 2.29. The van der Waals surface area contributed by atoms with Gasteiger partial charge in [-0.05, 0) is 30.5 Å². The maximum absolute atomic E-state index is 12.4. The summed E-state index contributed by atoms with van der Waals surface area (Å²) in [7, 11) is 1.37. The maximum atomic E-state index is 12.4. The summed E-state index contributed by atoms with van der Waals surface area (Å²) in [6, 6.07) is 4.25. The molecule has 1 heterocycles. The molecule has 1 aliphatic heterocycles. The number of hydrogen-bond donors (Lipinski definition) is 2. The van der Waals surface area contributed by atoms with E-state index in [9.17, 15) is 13.6 Å². The Kier molecular flexibility index (Phi) is 6.40. The van der Waals surface area contributed by atoms with Crippen LogP contribution in [0.4, 0.5) is 13.6 Å². The zero-order chi connectivity index (χ0) is 16.7. The van der Waals surface area contributed by atoms with E-state index >= 15 is 0 Å². The molecule has 2 amide bonds. The molecule has 1 unspecified atom stereocenters. The third-order valence-electron chi connectivity index (χ3n) is 3.41. The molecule has 0 radical (unpaired) electrons. The van der Waals surface area contributed by atoms with Crippen molar-refractivity contribution in [2.24, 2.45) is 0 Å². The highest BCUT2D eigenvalue weighted by atomic mass is 19.3. The van der Waals surface area contributed by atoms with Gasteiger partial charge in [-0.2, -0.15) is 8.78 Å². The molecule has 0 saturated carbocycles. The fourth-order valence-electron chi connectivity index (χ4n) is 2.28. The molecule has 1 aromatic rings. The van der Waals surface area contributed by atoms with Crippen LogP contribution in [0.2, 0.25) is 0 Å². The van der Waals surface area contributed by atoms with Crippen LogP contribution in [0.5, 0.6) is 11.5 Å². The second kappa shape index (κ2) is 8.52. The second-order valence-electron chi connectivity index (χ2n) is 5.06. The lowest BCUT2D eigenvalue weighted by Gasteiger charge is -2.13. The van der Waals surface area contributed by atoms with Crippen molar-refractivity contribution >= 4 is 6.03 Å². The van der Waals surface area contributed by atoms with Gasteiger partial charge in [-0.3, -0.25) is 0 Å². The van der Waals surface area contributed by atoms with E-state index in [4.69, 9.17) is 9.47 Å². The van der Waals surface area contributed by atoms with Crippen LogP contribution in [0.15, 0.2) is 18.2 Å². The number of rotatable bonds is 7. The Labute approximate surface area is 133 Å². The third kappa shape index (κ3) is 5.55. The number of benzene rings is 1. The number of hydrogen-bond acceptors (Lipinski definition) is 4. The highest BCUT2D eigenvalue weighted by Gasteiger charge is 2.16. The first-order valence-electron chi connectivity index (χ1n) is 7.33. The Morgan fingerprint density at radius 2 is 2.22 bits per heavy atom. The summed E-state index contributed by atoms with van der Waals surface area (Å²) in [6.07, 6.45) is 2.01. The third-order valence-corrected chi connectivity index (χ3v) is 3.41. The second-order valence-corrected chi connectivity index (χ2v) is 5.06. The summed E-state index contributed by atoms with van der Waals surface area (Å²) in [4.78, 5) is 11.7. The Bertz CT molecular complexity index is 522. The molecule has 8 heteroatoms. The number of amides is 2. The number of nitrogens with one attached hydrogen (secondary N) is 2. The van der Waals surface area contributed by atoms with Crippen molar-refractivity contribution < 1.29 is 27.8 Å². The van der Waals surface area contributed by atoms with E-state index in [-0.39, 0.29) is 30.2 Å². The van der Waals surface area contributed by atoms with Crippen LogP contribution in [0.1, 0.15) is 18.4 Å². The normalized spacial score (nSPS) is 17.1. The van der Waals surface area contributed by atoms with Crippen LogP contribution in [-0.2, 0) is 11.3 Å². The highest BCUT2D eigenvalue weighted by molar-refractivity contribution is 5.73. The molecule has 1 atom stereocenters. The molecule has 1 fully saturated rings. The first-order valence-corrected chi connectivity index (χ1v) is 7.33. The summed E-state index contributed by atoms with van der Waals surface area (Å²) in [5.74, 6) is 0.137. The molecule has 0 aliphatic carbocycles. The average Bonchev–Trinajstić information content (AvgIpc) is 3.04. The van der Waals surface area contributed by atoms with Gasteiger partial charge in [0.1, 0.15) is 0 Å². The van der Waals surface area contributed by atoms with Gasteiger partial charge in [0.25, 0.3) is 0 Å². The Balaban J connectivity index is 1.83. The quantitative estimate of drug-likeness (QED) is 0.805. The molecule has 2 N–H and O–H groups in total. The van der Waals surface area contributed by atoms with E-state index in [1.54, 1.807) is 6.07 Å². The average molecular weight is 330 g/mol. The van der Waals surface area contributed by atoms with Gasteiger partial charge in [0.15, 0.2) is 11.5 Å². The standard InChI is InChI=1S/C15H20F2N2O4/c1-21-12-5-4-10(7-13(12)23-14(16)17)8-18-15(20)19-9-11-3-2-6-22-11/h4-5,7,11,14H,2-3,6,8-9H2,1H3,(H2,18,19,20). The van der Waals surface area contributed by atoms with Crippen molar-refractivity contribution in [3.8, 4) is 11.5 Å². The van der Waals surface area contributed by atoms with Crippen molar-refractivity contribution in [2.75, 3.05) is 20.3 Å². The number of carbonyl (C=O) groups is 1. The number of ether oxygens (including phenoxy) is 3. The van der Waals surface area contributed by atoms with E-state index in [1.165, 1.54) is 19.2 Å². The van der Waals surface area contributed by atoms with Crippen molar-refractivity contribution in [1.82, 2.24) is 10.6 Å². The predicted octanol–water partition coefficient (Wildman–Crippen LogP) is 2.27. The molecule has 0 aromatic heterocycles. The molecule has 0 bridgehead atoms. The van der Waals surface area contributed by atoms with Gasteiger partial charge in [0.05, 0.1) is 13.2 Å². The summed E-state index contributed by atoms with van der Waals surface area (Å²) in [5.41, 5.74) is 0.619. The Morgan fingerprint density at radius 1 is 1.39 bits per heavy atom. The van der Waals surface area contributed by atoms with E-state index in [1.807, 2.05) is 0 Å². The molecule has 1 aromatic carbocycles. The molecule has 1 aliphatic rings. The van der Waals surface area contributed by atoms with Gasteiger partial charge in [-0.15, -0.1) is 0 Å². The monoisotopic (exact) mass is 330 g/mol. The minimum Gasteiger partial charge on any atom is -0.493 e. The van der Waals surface area contributed by atoms with Gasteiger partial charge >= 0.3 is 12.6 Å². The van der Waals surface area contributed by atoms with Crippen molar-refractivity contribution in [3.05, 3.63) is 23.8 Å². The molecular formula is C15H20F2N2O4. The largest absolute Gasteiger partial charge is 0.493 e. The van der Waals surface area contributed by atoms with Gasteiger partial charge in [-0.1, -0.05) is 6.07 Å². The van der Waals surface area contributed by atoms with E-state index in [0.29, 0.717) is 12.1 Å². The molecule has 128 valence electrons.